The summed E-state index contributed by atoms with van der Waals surface area (Å²) in [6, 6.07) is 4.37. The molecule has 0 saturated carbocycles. The van der Waals surface area contributed by atoms with Crippen LogP contribution in [0.2, 0.25) is 5.28 Å². The van der Waals surface area contributed by atoms with Gasteiger partial charge in [-0.05, 0) is 49.1 Å². The Morgan fingerprint density at radius 3 is 2.77 bits per heavy atom. The zero-order valence-electron chi connectivity index (χ0n) is 12.0. The predicted octanol–water partition coefficient (Wildman–Crippen LogP) is 3.59. The Labute approximate surface area is 133 Å². The molecule has 116 valence electrons. The maximum Gasteiger partial charge on any atom is 0.224 e. The highest BCUT2D eigenvalue weighted by Gasteiger charge is 2.17. The van der Waals surface area contributed by atoms with Crippen LogP contribution in [0.15, 0.2) is 24.4 Å². The minimum Gasteiger partial charge on any atom is -0.399 e. The SMILES string of the molecule is Nc1ccc(F)c(Nc2nc(Cl)ncc2N2CCCCC2)c1. The molecular formula is C15H17ClFN5. The van der Waals surface area contributed by atoms with Crippen LogP contribution in [0.3, 0.4) is 0 Å². The van der Waals surface area contributed by atoms with E-state index < -0.39 is 5.82 Å². The van der Waals surface area contributed by atoms with E-state index in [1.54, 1.807) is 6.20 Å². The number of nitrogen functional groups attached to an aromatic ring is 1. The van der Waals surface area contributed by atoms with Crippen molar-refractivity contribution in [3.05, 3.63) is 35.5 Å². The number of anilines is 4. The van der Waals surface area contributed by atoms with Crippen LogP contribution in [-0.4, -0.2) is 23.1 Å². The Morgan fingerprint density at radius 2 is 2.00 bits per heavy atom. The third-order valence-electron chi connectivity index (χ3n) is 3.68. The quantitative estimate of drug-likeness (QED) is 0.668. The summed E-state index contributed by atoms with van der Waals surface area (Å²) in [4.78, 5) is 10.4. The van der Waals surface area contributed by atoms with Crippen molar-refractivity contribution in [2.75, 3.05) is 29.0 Å². The molecule has 1 aromatic heterocycles. The second-order valence-corrected chi connectivity index (χ2v) is 5.62. The molecule has 7 heteroatoms. The lowest BCUT2D eigenvalue weighted by Gasteiger charge is -2.29. The number of piperidine rings is 1. The third-order valence-corrected chi connectivity index (χ3v) is 3.86. The smallest absolute Gasteiger partial charge is 0.224 e. The first-order valence-electron chi connectivity index (χ1n) is 7.23. The molecule has 3 rings (SSSR count). The number of nitrogens with zero attached hydrogens (tertiary/aromatic N) is 3. The fraction of sp³-hybridized carbons (Fsp3) is 0.333. The monoisotopic (exact) mass is 321 g/mol. The summed E-state index contributed by atoms with van der Waals surface area (Å²) in [7, 11) is 0. The van der Waals surface area contributed by atoms with Gasteiger partial charge in [-0.2, -0.15) is 4.98 Å². The number of hydrogen-bond acceptors (Lipinski definition) is 5. The average Bonchev–Trinajstić information content (AvgIpc) is 2.52. The Hall–Kier alpha value is -2.08. The highest BCUT2D eigenvalue weighted by atomic mass is 35.5. The first kappa shape index (κ1) is 14.8. The number of benzene rings is 1. The Balaban J connectivity index is 1.94. The van der Waals surface area contributed by atoms with Crippen LogP contribution in [-0.2, 0) is 0 Å². The normalized spacial score (nSPS) is 14.9. The molecule has 2 aromatic rings. The molecular weight excluding hydrogens is 305 g/mol. The van der Waals surface area contributed by atoms with Gasteiger partial charge < -0.3 is 16.0 Å². The largest absolute Gasteiger partial charge is 0.399 e. The van der Waals surface area contributed by atoms with E-state index in [2.05, 4.69) is 20.2 Å². The van der Waals surface area contributed by atoms with Gasteiger partial charge in [0.25, 0.3) is 0 Å². The molecule has 0 unspecified atom stereocenters. The molecule has 0 bridgehead atoms. The molecule has 0 radical (unpaired) electrons. The van der Waals surface area contributed by atoms with E-state index in [4.69, 9.17) is 17.3 Å². The van der Waals surface area contributed by atoms with Crippen molar-refractivity contribution in [2.24, 2.45) is 0 Å². The van der Waals surface area contributed by atoms with Crippen molar-refractivity contribution in [1.82, 2.24) is 9.97 Å². The lowest BCUT2D eigenvalue weighted by molar-refractivity contribution is 0.577. The maximum absolute atomic E-state index is 13.9. The van der Waals surface area contributed by atoms with Gasteiger partial charge in [0, 0.05) is 18.8 Å². The number of hydrogen-bond donors (Lipinski definition) is 2. The second-order valence-electron chi connectivity index (χ2n) is 5.28. The van der Waals surface area contributed by atoms with E-state index in [0.717, 1.165) is 31.6 Å². The third kappa shape index (κ3) is 3.22. The summed E-state index contributed by atoms with van der Waals surface area (Å²) in [5, 5.41) is 3.11. The molecule has 0 amide bonds. The van der Waals surface area contributed by atoms with E-state index in [0.29, 0.717) is 11.5 Å². The van der Waals surface area contributed by atoms with Crippen molar-refractivity contribution in [2.45, 2.75) is 19.3 Å². The summed E-state index contributed by atoms with van der Waals surface area (Å²) in [6.07, 6.45) is 5.13. The minimum atomic E-state index is -0.395. The van der Waals surface area contributed by atoms with Crippen LogP contribution in [0.4, 0.5) is 27.3 Å². The van der Waals surface area contributed by atoms with Crippen LogP contribution in [0.5, 0.6) is 0 Å². The molecule has 1 fully saturated rings. The van der Waals surface area contributed by atoms with Crippen LogP contribution < -0.4 is 16.0 Å². The zero-order valence-corrected chi connectivity index (χ0v) is 12.8. The molecule has 1 aliphatic heterocycles. The van der Waals surface area contributed by atoms with Gasteiger partial charge in [-0.25, -0.2) is 9.37 Å². The molecule has 2 heterocycles. The summed E-state index contributed by atoms with van der Waals surface area (Å²) in [6.45, 7) is 1.86. The lowest BCUT2D eigenvalue weighted by Crippen LogP contribution is -2.30. The van der Waals surface area contributed by atoms with Gasteiger partial charge in [0.05, 0.1) is 17.6 Å². The molecule has 22 heavy (non-hydrogen) atoms. The van der Waals surface area contributed by atoms with E-state index >= 15 is 0 Å². The fourth-order valence-electron chi connectivity index (χ4n) is 2.58. The number of halogens is 2. The van der Waals surface area contributed by atoms with Crippen LogP contribution in [0.25, 0.3) is 0 Å². The van der Waals surface area contributed by atoms with Gasteiger partial charge in [0.2, 0.25) is 5.28 Å². The van der Waals surface area contributed by atoms with E-state index in [1.807, 2.05) is 0 Å². The first-order chi connectivity index (χ1) is 10.6. The van der Waals surface area contributed by atoms with Crippen LogP contribution in [0, 0.1) is 5.82 Å². The Kier molecular flexibility index (Phi) is 4.29. The zero-order chi connectivity index (χ0) is 15.5. The number of aromatic nitrogens is 2. The van der Waals surface area contributed by atoms with Crippen molar-refractivity contribution >= 4 is 34.5 Å². The van der Waals surface area contributed by atoms with Gasteiger partial charge in [0.15, 0.2) is 5.82 Å². The van der Waals surface area contributed by atoms with E-state index in [-0.39, 0.29) is 11.0 Å². The standard InChI is InChI=1S/C15H17ClFN5/c16-15-19-9-13(22-6-2-1-3-7-22)14(21-15)20-12-8-10(18)4-5-11(12)17/h4-5,8-9H,1-3,6-7,18H2,(H,19,20,21). The summed E-state index contributed by atoms with van der Waals surface area (Å²) in [5.41, 5.74) is 7.29. The van der Waals surface area contributed by atoms with Crippen molar-refractivity contribution < 1.29 is 4.39 Å². The van der Waals surface area contributed by atoms with Gasteiger partial charge in [-0.3, -0.25) is 0 Å². The number of nitrogens with two attached hydrogens (primary N) is 1. The molecule has 3 N–H and O–H groups in total. The fourth-order valence-corrected chi connectivity index (χ4v) is 2.71. The van der Waals surface area contributed by atoms with Gasteiger partial charge >= 0.3 is 0 Å². The molecule has 1 aromatic carbocycles. The highest BCUT2D eigenvalue weighted by molar-refractivity contribution is 6.28. The van der Waals surface area contributed by atoms with Gasteiger partial charge in [-0.15, -0.1) is 0 Å². The van der Waals surface area contributed by atoms with Crippen molar-refractivity contribution in [3.63, 3.8) is 0 Å². The van der Waals surface area contributed by atoms with Crippen LogP contribution in [0.1, 0.15) is 19.3 Å². The Bertz CT molecular complexity index is 673. The van der Waals surface area contributed by atoms with Crippen molar-refractivity contribution in [3.8, 4) is 0 Å². The topological polar surface area (TPSA) is 67.1 Å². The summed E-state index contributed by atoms with van der Waals surface area (Å²) < 4.78 is 13.9. The van der Waals surface area contributed by atoms with Crippen molar-refractivity contribution in [1.29, 1.82) is 0 Å². The first-order valence-corrected chi connectivity index (χ1v) is 7.61. The van der Waals surface area contributed by atoms with E-state index in [1.165, 1.54) is 24.6 Å². The number of rotatable bonds is 3. The molecule has 0 atom stereocenters. The maximum atomic E-state index is 13.9. The number of nitrogens with one attached hydrogen (secondary N) is 1. The summed E-state index contributed by atoms with van der Waals surface area (Å²) in [5.74, 6) is 0.0972. The molecule has 1 aliphatic rings. The lowest BCUT2D eigenvalue weighted by atomic mass is 10.1. The Morgan fingerprint density at radius 1 is 1.23 bits per heavy atom. The van der Waals surface area contributed by atoms with E-state index in [9.17, 15) is 4.39 Å². The average molecular weight is 322 g/mol. The minimum absolute atomic E-state index is 0.118. The molecule has 1 saturated heterocycles. The predicted molar refractivity (Wildman–Crippen MR) is 87.2 cm³/mol. The molecule has 5 nitrogen and oxygen atoms in total. The van der Waals surface area contributed by atoms with Gasteiger partial charge in [0.1, 0.15) is 5.82 Å². The highest BCUT2D eigenvalue weighted by Crippen LogP contribution is 2.31. The van der Waals surface area contributed by atoms with Gasteiger partial charge in [-0.1, -0.05) is 0 Å². The summed E-state index contributed by atoms with van der Waals surface area (Å²) >= 11 is 5.89. The molecule has 0 spiro atoms. The molecule has 0 aliphatic carbocycles. The van der Waals surface area contributed by atoms with Crippen LogP contribution >= 0.6 is 11.6 Å². The second kappa shape index (κ2) is 6.36.